The first-order chi connectivity index (χ1) is 8.16. The Balaban J connectivity index is 2.15. The number of piperidine rings is 1. The molecule has 0 spiro atoms. The highest BCUT2D eigenvalue weighted by Gasteiger charge is 2.14. The Morgan fingerprint density at radius 2 is 2.00 bits per heavy atom. The van der Waals surface area contributed by atoms with Gasteiger partial charge in [0.15, 0.2) is 0 Å². The molecule has 0 N–H and O–H groups in total. The lowest BCUT2D eigenvalue weighted by Crippen LogP contribution is -2.29. The van der Waals surface area contributed by atoms with Gasteiger partial charge in [0.05, 0.1) is 10.7 Å². The Kier molecular flexibility index (Phi) is 4.06. The summed E-state index contributed by atoms with van der Waals surface area (Å²) in [5.74, 6) is 0.173. The monoisotopic (exact) mass is 251 g/mol. The van der Waals surface area contributed by atoms with Gasteiger partial charge in [-0.2, -0.15) is 0 Å². The minimum absolute atomic E-state index is 0.173. The van der Waals surface area contributed by atoms with Crippen LogP contribution in [0.25, 0.3) is 0 Å². The average molecular weight is 252 g/mol. The van der Waals surface area contributed by atoms with E-state index in [9.17, 15) is 4.79 Å². The molecule has 0 radical (unpaired) electrons. The van der Waals surface area contributed by atoms with E-state index in [1.54, 1.807) is 6.92 Å². The standard InChI is InChI=1S/C14H18ClNO/c1-11(17)9-12-5-6-14(13(15)10-12)16-7-3-2-4-8-16/h5-6,10H,2-4,7-9H2,1H3. The first kappa shape index (κ1) is 12.4. The Morgan fingerprint density at radius 3 is 2.59 bits per heavy atom. The molecule has 1 aliphatic heterocycles. The Bertz CT molecular complexity index is 411. The van der Waals surface area contributed by atoms with Crippen LogP contribution < -0.4 is 4.90 Å². The molecule has 1 aliphatic rings. The molecule has 17 heavy (non-hydrogen) atoms. The third kappa shape index (κ3) is 3.22. The van der Waals surface area contributed by atoms with Crippen LogP contribution in [-0.4, -0.2) is 18.9 Å². The highest BCUT2D eigenvalue weighted by Crippen LogP contribution is 2.29. The first-order valence-corrected chi connectivity index (χ1v) is 6.57. The van der Waals surface area contributed by atoms with Crippen molar-refractivity contribution in [1.82, 2.24) is 0 Å². The molecule has 1 aromatic carbocycles. The zero-order chi connectivity index (χ0) is 12.3. The molecule has 0 saturated carbocycles. The van der Waals surface area contributed by atoms with Crippen LogP contribution in [0.1, 0.15) is 31.7 Å². The molecule has 0 aromatic heterocycles. The van der Waals surface area contributed by atoms with Crippen LogP contribution in [0.3, 0.4) is 0 Å². The Morgan fingerprint density at radius 1 is 1.29 bits per heavy atom. The highest BCUT2D eigenvalue weighted by atomic mass is 35.5. The van der Waals surface area contributed by atoms with Crippen LogP contribution in [0.5, 0.6) is 0 Å². The second-order valence-electron chi connectivity index (χ2n) is 4.71. The summed E-state index contributed by atoms with van der Waals surface area (Å²) in [6, 6.07) is 5.98. The number of benzene rings is 1. The van der Waals surface area contributed by atoms with E-state index >= 15 is 0 Å². The van der Waals surface area contributed by atoms with Crippen molar-refractivity contribution in [1.29, 1.82) is 0 Å². The van der Waals surface area contributed by atoms with Crippen LogP contribution in [0.15, 0.2) is 18.2 Å². The molecule has 0 aliphatic carbocycles. The van der Waals surface area contributed by atoms with Gasteiger partial charge in [0.25, 0.3) is 0 Å². The normalized spacial score (nSPS) is 16.0. The molecule has 2 nitrogen and oxygen atoms in total. The average Bonchev–Trinajstić information content (AvgIpc) is 2.29. The number of hydrogen-bond donors (Lipinski definition) is 0. The van der Waals surface area contributed by atoms with Gasteiger partial charge in [-0.05, 0) is 43.9 Å². The topological polar surface area (TPSA) is 20.3 Å². The minimum atomic E-state index is 0.173. The van der Waals surface area contributed by atoms with Gasteiger partial charge >= 0.3 is 0 Å². The van der Waals surface area contributed by atoms with E-state index in [-0.39, 0.29) is 5.78 Å². The molecule has 2 rings (SSSR count). The zero-order valence-corrected chi connectivity index (χ0v) is 11.0. The van der Waals surface area contributed by atoms with Gasteiger partial charge in [0, 0.05) is 19.5 Å². The van der Waals surface area contributed by atoms with E-state index in [0.29, 0.717) is 6.42 Å². The number of Topliss-reactive ketones (excluding diaryl/α,β-unsaturated/α-hetero) is 1. The summed E-state index contributed by atoms with van der Waals surface area (Å²) >= 11 is 6.29. The first-order valence-electron chi connectivity index (χ1n) is 6.19. The lowest BCUT2D eigenvalue weighted by molar-refractivity contribution is -0.116. The van der Waals surface area contributed by atoms with Crippen LogP contribution in [0.2, 0.25) is 5.02 Å². The second kappa shape index (κ2) is 5.54. The van der Waals surface area contributed by atoms with E-state index in [1.807, 2.05) is 18.2 Å². The molecule has 0 bridgehead atoms. The lowest BCUT2D eigenvalue weighted by atomic mass is 10.1. The predicted molar refractivity (Wildman–Crippen MR) is 71.9 cm³/mol. The van der Waals surface area contributed by atoms with Gasteiger partial charge < -0.3 is 4.90 Å². The van der Waals surface area contributed by atoms with Crippen LogP contribution in [0.4, 0.5) is 5.69 Å². The molecule has 1 aromatic rings. The summed E-state index contributed by atoms with van der Waals surface area (Å²) in [6.45, 7) is 3.78. The summed E-state index contributed by atoms with van der Waals surface area (Å²) in [5.41, 5.74) is 2.11. The molecule has 0 unspecified atom stereocenters. The van der Waals surface area contributed by atoms with Gasteiger partial charge in [-0.3, -0.25) is 4.79 Å². The quantitative estimate of drug-likeness (QED) is 0.820. The van der Waals surface area contributed by atoms with Crippen molar-refractivity contribution in [2.75, 3.05) is 18.0 Å². The van der Waals surface area contributed by atoms with Gasteiger partial charge in [-0.15, -0.1) is 0 Å². The van der Waals surface area contributed by atoms with Crippen molar-refractivity contribution in [3.8, 4) is 0 Å². The maximum atomic E-state index is 11.1. The van der Waals surface area contributed by atoms with Crippen molar-refractivity contribution in [3.63, 3.8) is 0 Å². The number of nitrogens with zero attached hydrogens (tertiary/aromatic N) is 1. The SMILES string of the molecule is CC(=O)Cc1ccc(N2CCCCC2)c(Cl)c1. The fourth-order valence-electron chi connectivity index (χ4n) is 2.34. The summed E-state index contributed by atoms with van der Waals surface area (Å²) in [6.07, 6.45) is 4.27. The lowest BCUT2D eigenvalue weighted by Gasteiger charge is -2.29. The number of carbonyl (C=O) groups is 1. The Labute approximate surface area is 108 Å². The third-order valence-electron chi connectivity index (χ3n) is 3.16. The van der Waals surface area contributed by atoms with E-state index in [1.165, 1.54) is 19.3 Å². The fraction of sp³-hybridized carbons (Fsp3) is 0.500. The van der Waals surface area contributed by atoms with Gasteiger partial charge in [0.2, 0.25) is 0 Å². The van der Waals surface area contributed by atoms with Crippen molar-refractivity contribution in [2.45, 2.75) is 32.6 Å². The number of ketones is 1. The molecule has 1 fully saturated rings. The Hall–Kier alpha value is -1.02. The number of rotatable bonds is 3. The molecule has 92 valence electrons. The van der Waals surface area contributed by atoms with Gasteiger partial charge in [0.1, 0.15) is 5.78 Å². The summed E-state index contributed by atoms with van der Waals surface area (Å²) < 4.78 is 0. The summed E-state index contributed by atoms with van der Waals surface area (Å²) in [5, 5.41) is 0.769. The van der Waals surface area contributed by atoms with E-state index < -0.39 is 0 Å². The molecular formula is C14H18ClNO. The van der Waals surface area contributed by atoms with Gasteiger partial charge in [-0.25, -0.2) is 0 Å². The molecule has 1 heterocycles. The largest absolute Gasteiger partial charge is 0.370 e. The second-order valence-corrected chi connectivity index (χ2v) is 5.12. The molecular weight excluding hydrogens is 234 g/mol. The van der Waals surface area contributed by atoms with Crippen LogP contribution in [-0.2, 0) is 11.2 Å². The van der Waals surface area contributed by atoms with Crippen molar-refractivity contribution in [3.05, 3.63) is 28.8 Å². The molecule has 3 heteroatoms. The fourth-order valence-corrected chi connectivity index (χ4v) is 2.66. The maximum Gasteiger partial charge on any atom is 0.134 e. The van der Waals surface area contributed by atoms with Crippen molar-refractivity contribution >= 4 is 23.1 Å². The maximum absolute atomic E-state index is 11.1. The van der Waals surface area contributed by atoms with Crippen molar-refractivity contribution < 1.29 is 4.79 Å². The summed E-state index contributed by atoms with van der Waals surface area (Å²) in [4.78, 5) is 13.4. The van der Waals surface area contributed by atoms with Crippen LogP contribution in [0, 0.1) is 0 Å². The smallest absolute Gasteiger partial charge is 0.134 e. The number of halogens is 1. The summed E-state index contributed by atoms with van der Waals surface area (Å²) in [7, 11) is 0. The third-order valence-corrected chi connectivity index (χ3v) is 3.46. The van der Waals surface area contributed by atoms with Gasteiger partial charge in [-0.1, -0.05) is 17.7 Å². The van der Waals surface area contributed by atoms with Crippen LogP contribution >= 0.6 is 11.6 Å². The molecule has 0 atom stereocenters. The number of anilines is 1. The minimum Gasteiger partial charge on any atom is -0.370 e. The number of hydrogen-bond acceptors (Lipinski definition) is 2. The van der Waals surface area contributed by atoms with E-state index in [2.05, 4.69) is 4.90 Å². The highest BCUT2D eigenvalue weighted by molar-refractivity contribution is 6.33. The van der Waals surface area contributed by atoms with Crippen molar-refractivity contribution in [2.24, 2.45) is 0 Å². The van der Waals surface area contributed by atoms with E-state index in [0.717, 1.165) is 29.4 Å². The predicted octanol–water partition coefficient (Wildman–Crippen LogP) is 3.46. The molecule has 1 saturated heterocycles. The zero-order valence-electron chi connectivity index (χ0n) is 10.2. The number of carbonyl (C=O) groups excluding carboxylic acids is 1. The van der Waals surface area contributed by atoms with E-state index in [4.69, 9.17) is 11.6 Å². The molecule has 0 amide bonds.